The van der Waals surface area contributed by atoms with E-state index in [1.807, 2.05) is 0 Å². The molecule has 0 bridgehead atoms. The maximum atomic E-state index is 8.56. The summed E-state index contributed by atoms with van der Waals surface area (Å²) < 4.78 is 0. The van der Waals surface area contributed by atoms with E-state index in [2.05, 4.69) is 0 Å². The van der Waals surface area contributed by atoms with E-state index >= 15 is 0 Å². The Morgan fingerprint density at radius 2 is 1.33 bits per heavy atom. The van der Waals surface area contributed by atoms with Crippen molar-refractivity contribution in [1.29, 1.82) is 0 Å². The highest BCUT2D eigenvalue weighted by atomic mass is 16.6. The Bertz CT molecular complexity index is 31.8. The normalized spacial score (nSPS) is 4.00. The molecule has 0 atom stereocenters. The van der Waals surface area contributed by atoms with Crippen LogP contribution < -0.4 is 12.3 Å². The molecule has 5 heteroatoms. The molecule has 0 aromatic heterocycles. The highest BCUT2D eigenvalue weighted by Gasteiger charge is 1.70. The van der Waals surface area contributed by atoms with Gasteiger partial charge in [-0.15, -0.1) is 0 Å². The third-order valence-electron chi connectivity index (χ3n) is 0. The van der Waals surface area contributed by atoms with Crippen molar-refractivity contribution in [1.82, 2.24) is 12.3 Å². The van der Waals surface area contributed by atoms with Crippen LogP contribution in [0.2, 0.25) is 0 Å². The first-order chi connectivity index (χ1) is 1.73. The second-order valence-corrected chi connectivity index (χ2v) is 0.283. The molecule has 0 fully saturated rings. The quantitative estimate of drug-likeness (QED) is 0.387. The number of hydrogen-bond acceptors (Lipinski definition) is 2. The molecule has 0 amide bonds. The average Bonchev–Trinajstić information content (AvgIpc) is 0.811. The number of nitrogens with zero attached hydrogens (tertiary/aromatic N) is 1. The maximum Gasteiger partial charge on any atom is 0.503 e. The Balaban J connectivity index is -0.0000000450. The fraction of sp³-hybridized carbons (Fsp3) is 0. The van der Waals surface area contributed by atoms with Gasteiger partial charge < -0.3 is 16.4 Å². The van der Waals surface area contributed by atoms with Gasteiger partial charge >= 0.3 is 6.16 Å². The summed E-state index contributed by atoms with van der Waals surface area (Å²) >= 11 is 0. The summed E-state index contributed by atoms with van der Waals surface area (Å²) in [4.78, 5) is 8.56. The second-order valence-electron chi connectivity index (χ2n) is 0.283. The molecule has 0 unspecified atom stereocenters. The Labute approximate surface area is 34.8 Å². The minimum absolute atomic E-state index is 0. The van der Waals surface area contributed by atoms with E-state index in [9.17, 15) is 0 Å². The molecule has 6 heavy (non-hydrogen) atoms. The van der Waals surface area contributed by atoms with Crippen LogP contribution in [0.3, 0.4) is 0 Å². The van der Waals surface area contributed by atoms with Crippen molar-refractivity contribution in [3.05, 3.63) is 0 Å². The van der Waals surface area contributed by atoms with E-state index in [1.54, 1.807) is 0 Å². The summed E-state index contributed by atoms with van der Waals surface area (Å²) in [5, 5.41) is 13.9. The molecule has 5 nitrogen and oxygen atoms in total. The molecule has 0 aliphatic carbocycles. The van der Waals surface area contributed by atoms with Crippen molar-refractivity contribution in [2.45, 2.75) is 0 Å². The Morgan fingerprint density at radius 3 is 1.33 bits per heavy atom. The van der Waals surface area contributed by atoms with Gasteiger partial charge in [-0.1, -0.05) is 0 Å². The molecule has 0 aliphatic heterocycles. The highest BCUT2D eigenvalue weighted by Crippen LogP contribution is 1.42. The molecule has 0 aromatic rings. The number of rotatable bonds is 0. The lowest BCUT2D eigenvalue weighted by Crippen LogP contribution is -1.81. The summed E-state index contributed by atoms with van der Waals surface area (Å²) in [6.45, 7) is 0. The average molecular weight is 93.1 g/mol. The predicted molar refractivity (Wildman–Crippen MR) is 17.8 cm³/mol. The van der Waals surface area contributed by atoms with E-state index in [0.717, 1.165) is 0 Å². The van der Waals surface area contributed by atoms with Gasteiger partial charge in [0, 0.05) is 6.15 Å². The van der Waals surface area contributed by atoms with E-state index in [0.29, 0.717) is 0 Å². The van der Waals surface area contributed by atoms with E-state index in [-0.39, 0.29) is 12.3 Å². The smallest absolute Gasteiger partial charge is 0.450 e. The monoisotopic (exact) mass is 93.0 g/mol. The number of carboxylic acid groups (broad SMARTS) is 2. The van der Waals surface area contributed by atoms with Gasteiger partial charge in [0.15, 0.2) is 0 Å². The summed E-state index contributed by atoms with van der Waals surface area (Å²) in [6, 6.07) is 0. The van der Waals surface area contributed by atoms with E-state index in [1.165, 1.54) is 0 Å². The molecule has 0 heterocycles. The standard InChI is InChI=1S/CH2O3.H3N.N/c2-1(3)4;;/h(H2,2,3,4);1H3;. The van der Waals surface area contributed by atoms with Crippen molar-refractivity contribution in [2.75, 3.05) is 0 Å². The molecule has 0 aromatic carbocycles. The second kappa shape index (κ2) is 8.89. The minimum Gasteiger partial charge on any atom is -0.450 e. The topological polar surface area (TPSA) is 123 Å². The largest absolute Gasteiger partial charge is 0.503 e. The van der Waals surface area contributed by atoms with Crippen LogP contribution in [-0.2, 0) is 0 Å². The lowest BCUT2D eigenvalue weighted by Gasteiger charge is -1.60. The third-order valence-corrected chi connectivity index (χ3v) is 0. The molecule has 37 valence electrons. The lowest BCUT2D eigenvalue weighted by molar-refractivity contribution is 0.137. The van der Waals surface area contributed by atoms with Crippen LogP contribution >= 0.6 is 0 Å². The first kappa shape index (κ1) is 19.0. The van der Waals surface area contributed by atoms with Gasteiger partial charge in [0.25, 0.3) is 0 Å². The van der Waals surface area contributed by atoms with Crippen molar-refractivity contribution in [3.8, 4) is 0 Å². The summed E-state index contributed by atoms with van der Waals surface area (Å²) in [7, 11) is 0. The summed E-state index contributed by atoms with van der Waals surface area (Å²) in [6.07, 6.45) is -1.83. The van der Waals surface area contributed by atoms with Gasteiger partial charge in [0.2, 0.25) is 0 Å². The molecule has 5 N–H and O–H groups in total. The molecular weight excluding hydrogens is 88.0 g/mol. The van der Waals surface area contributed by atoms with Gasteiger partial charge in [-0.05, 0) is 0 Å². The third kappa shape index (κ3) is 23.3. The van der Waals surface area contributed by atoms with E-state index < -0.39 is 6.16 Å². The molecular formula is CH5N2O3. The van der Waals surface area contributed by atoms with Gasteiger partial charge in [-0.3, -0.25) is 0 Å². The highest BCUT2D eigenvalue weighted by molar-refractivity contribution is 5.53. The summed E-state index contributed by atoms with van der Waals surface area (Å²) in [5.41, 5.74) is 0. The first-order valence-electron chi connectivity index (χ1n) is 0.651. The minimum atomic E-state index is -1.83. The number of hydrogen-bond donors (Lipinski definition) is 3. The van der Waals surface area contributed by atoms with Crippen LogP contribution in [0.1, 0.15) is 0 Å². The van der Waals surface area contributed by atoms with Gasteiger partial charge in [0.1, 0.15) is 0 Å². The zero-order valence-electron chi connectivity index (χ0n) is 2.96. The Morgan fingerprint density at radius 1 is 1.33 bits per heavy atom. The van der Waals surface area contributed by atoms with Gasteiger partial charge in [-0.2, -0.15) is 0 Å². The van der Waals surface area contributed by atoms with Crippen LogP contribution in [0.25, 0.3) is 0 Å². The molecule has 0 rings (SSSR count). The van der Waals surface area contributed by atoms with E-state index in [4.69, 9.17) is 15.0 Å². The fourth-order valence-electron chi connectivity index (χ4n) is 0. The molecule has 0 spiro atoms. The van der Waals surface area contributed by atoms with Crippen LogP contribution in [0.15, 0.2) is 0 Å². The maximum absolute atomic E-state index is 8.56. The van der Waals surface area contributed by atoms with Crippen molar-refractivity contribution < 1.29 is 15.0 Å². The Kier molecular flexibility index (Phi) is 28.1. The van der Waals surface area contributed by atoms with Crippen molar-refractivity contribution in [3.63, 3.8) is 0 Å². The zero-order valence-corrected chi connectivity index (χ0v) is 2.96. The summed E-state index contributed by atoms with van der Waals surface area (Å²) in [5.74, 6) is 0. The van der Waals surface area contributed by atoms with Gasteiger partial charge in [0.05, 0.1) is 0 Å². The first-order valence-corrected chi connectivity index (χ1v) is 0.651. The zero-order chi connectivity index (χ0) is 3.58. The van der Waals surface area contributed by atoms with Crippen LogP contribution in [0.5, 0.6) is 0 Å². The predicted octanol–water partition coefficient (Wildman–Crippen LogP) is -0.0962. The van der Waals surface area contributed by atoms with Crippen molar-refractivity contribution in [2.24, 2.45) is 0 Å². The fourth-order valence-corrected chi connectivity index (χ4v) is 0. The van der Waals surface area contributed by atoms with Crippen LogP contribution in [-0.4, -0.2) is 16.4 Å². The van der Waals surface area contributed by atoms with Crippen LogP contribution in [0.4, 0.5) is 4.79 Å². The van der Waals surface area contributed by atoms with Gasteiger partial charge in [-0.25, -0.2) is 4.79 Å². The SMILES string of the molecule is N.O=C(O)O.[N]. The molecule has 0 aliphatic rings. The van der Waals surface area contributed by atoms with Crippen LogP contribution in [0, 0.1) is 0 Å². The molecule has 0 saturated carbocycles. The Hall–Kier alpha value is -0.810. The molecule has 0 saturated heterocycles. The van der Waals surface area contributed by atoms with Crippen molar-refractivity contribution >= 4 is 6.16 Å². The number of carbonyl (C=O) groups is 1. The lowest BCUT2D eigenvalue weighted by atomic mass is 11.5. The molecule has 3 radical (unpaired) electrons.